The van der Waals surface area contributed by atoms with Crippen LogP contribution in [0.25, 0.3) is 0 Å². The zero-order valence-corrected chi connectivity index (χ0v) is 14.2. The number of methoxy groups -OCH3 is 1. The highest BCUT2D eigenvalue weighted by molar-refractivity contribution is 5.75. The van der Waals surface area contributed by atoms with E-state index < -0.39 is 17.3 Å². The summed E-state index contributed by atoms with van der Waals surface area (Å²) in [5.74, 6) is -0.767. The second kappa shape index (κ2) is 6.92. The van der Waals surface area contributed by atoms with Gasteiger partial charge in [0.05, 0.1) is 25.3 Å². The number of halogens is 1. The summed E-state index contributed by atoms with van der Waals surface area (Å²) in [5, 5.41) is 9.43. The van der Waals surface area contributed by atoms with Crippen LogP contribution < -0.4 is 4.74 Å². The van der Waals surface area contributed by atoms with E-state index in [0.717, 1.165) is 0 Å². The number of carboxylic acids is 1. The minimum atomic E-state index is -0.871. The molecule has 134 valence electrons. The number of aromatic nitrogens is 2. The lowest BCUT2D eigenvalue weighted by atomic mass is 9.82. The SMILES string of the molecule is COCc1nc(C)ncc1OC[C@@]1(C2C=CC=C(F)C2)C[C@H]1C(=O)O. The fraction of sp³-hybridized carbons (Fsp3) is 0.500. The van der Waals surface area contributed by atoms with Crippen LogP contribution in [0.2, 0.25) is 0 Å². The number of hydrogen-bond donors (Lipinski definition) is 1. The zero-order valence-electron chi connectivity index (χ0n) is 14.2. The number of aryl methyl sites for hydroxylation is 1. The molecule has 1 aromatic rings. The van der Waals surface area contributed by atoms with Gasteiger partial charge in [-0.1, -0.05) is 12.2 Å². The van der Waals surface area contributed by atoms with Gasteiger partial charge in [-0.05, 0) is 25.3 Å². The molecule has 0 spiro atoms. The van der Waals surface area contributed by atoms with E-state index >= 15 is 0 Å². The maximum absolute atomic E-state index is 13.7. The molecular weight excluding hydrogens is 327 g/mol. The highest BCUT2D eigenvalue weighted by Crippen LogP contribution is 2.60. The average Bonchev–Trinajstić information content (AvgIpc) is 3.31. The van der Waals surface area contributed by atoms with Gasteiger partial charge in [0.15, 0.2) is 5.75 Å². The summed E-state index contributed by atoms with van der Waals surface area (Å²) in [4.78, 5) is 19.9. The van der Waals surface area contributed by atoms with Crippen molar-refractivity contribution in [2.24, 2.45) is 17.3 Å². The van der Waals surface area contributed by atoms with Crippen LogP contribution in [0.15, 0.2) is 30.3 Å². The summed E-state index contributed by atoms with van der Waals surface area (Å²) in [6.45, 7) is 2.22. The molecular formula is C18H21FN2O4. The Kier molecular flexibility index (Phi) is 4.85. The highest BCUT2D eigenvalue weighted by atomic mass is 19.1. The van der Waals surface area contributed by atoms with Crippen LogP contribution in [0.4, 0.5) is 4.39 Å². The summed E-state index contributed by atoms with van der Waals surface area (Å²) < 4.78 is 24.7. The quantitative estimate of drug-likeness (QED) is 0.816. The topological polar surface area (TPSA) is 81.5 Å². The molecule has 0 bridgehead atoms. The number of hydrogen-bond acceptors (Lipinski definition) is 5. The molecule has 25 heavy (non-hydrogen) atoms. The van der Waals surface area contributed by atoms with E-state index in [0.29, 0.717) is 23.7 Å². The Labute approximate surface area is 145 Å². The van der Waals surface area contributed by atoms with Crippen LogP contribution in [-0.2, 0) is 16.1 Å². The number of carbonyl (C=O) groups is 1. The molecule has 3 rings (SSSR count). The number of rotatable bonds is 7. The molecule has 0 saturated heterocycles. The van der Waals surface area contributed by atoms with Crippen molar-refractivity contribution in [2.45, 2.75) is 26.4 Å². The molecule has 1 N–H and O–H groups in total. The maximum atomic E-state index is 13.7. The van der Waals surface area contributed by atoms with Gasteiger partial charge < -0.3 is 14.6 Å². The van der Waals surface area contributed by atoms with Gasteiger partial charge in [-0.2, -0.15) is 0 Å². The van der Waals surface area contributed by atoms with Crippen LogP contribution in [0.1, 0.15) is 24.4 Å². The van der Waals surface area contributed by atoms with Crippen LogP contribution in [0, 0.1) is 24.2 Å². The second-order valence-corrected chi connectivity index (χ2v) is 6.59. The molecule has 1 fully saturated rings. The third-order valence-electron chi connectivity index (χ3n) is 4.92. The number of aliphatic carboxylic acids is 1. The van der Waals surface area contributed by atoms with Gasteiger partial charge in [0.25, 0.3) is 0 Å². The van der Waals surface area contributed by atoms with Crippen molar-refractivity contribution >= 4 is 5.97 Å². The van der Waals surface area contributed by atoms with Crippen molar-refractivity contribution in [1.82, 2.24) is 9.97 Å². The largest absolute Gasteiger partial charge is 0.489 e. The summed E-state index contributed by atoms with van der Waals surface area (Å²) >= 11 is 0. The van der Waals surface area contributed by atoms with E-state index in [1.807, 2.05) is 6.08 Å². The molecule has 7 heteroatoms. The molecule has 1 unspecified atom stereocenters. The van der Waals surface area contributed by atoms with Crippen LogP contribution in [0.5, 0.6) is 5.75 Å². The molecule has 6 nitrogen and oxygen atoms in total. The number of allylic oxidation sites excluding steroid dienone is 4. The Morgan fingerprint density at radius 2 is 2.32 bits per heavy atom. The summed E-state index contributed by atoms with van der Waals surface area (Å²) in [6.07, 6.45) is 7.17. The Morgan fingerprint density at radius 3 is 2.96 bits per heavy atom. The molecule has 0 radical (unpaired) electrons. The molecule has 0 aliphatic heterocycles. The third kappa shape index (κ3) is 3.56. The Bertz CT molecular complexity index is 734. The molecule has 0 amide bonds. The van der Waals surface area contributed by atoms with Gasteiger partial charge in [-0.3, -0.25) is 4.79 Å². The van der Waals surface area contributed by atoms with E-state index in [1.165, 1.54) is 6.08 Å². The summed E-state index contributed by atoms with van der Waals surface area (Å²) in [7, 11) is 1.56. The normalized spacial score (nSPS) is 27.7. The van der Waals surface area contributed by atoms with Crippen molar-refractivity contribution in [3.63, 3.8) is 0 Å². The lowest BCUT2D eigenvalue weighted by Gasteiger charge is -2.26. The molecule has 1 aromatic heterocycles. The standard InChI is InChI=1S/C18H21FN2O4/c1-11-20-8-16(15(21-11)9-24-2)25-10-18(7-14(18)17(22)23)12-4-3-5-13(19)6-12/h3-5,8,12,14H,6-7,9-10H2,1-2H3,(H,22,23)/t12?,14-,18+/m0/s1. The van der Waals surface area contributed by atoms with E-state index in [4.69, 9.17) is 9.47 Å². The second-order valence-electron chi connectivity index (χ2n) is 6.59. The summed E-state index contributed by atoms with van der Waals surface area (Å²) in [5.41, 5.74) is 0.00586. The number of ether oxygens (including phenoxy) is 2. The molecule has 3 atom stereocenters. The van der Waals surface area contributed by atoms with Crippen molar-refractivity contribution in [2.75, 3.05) is 13.7 Å². The minimum absolute atomic E-state index is 0.176. The maximum Gasteiger partial charge on any atom is 0.307 e. The van der Waals surface area contributed by atoms with Crippen molar-refractivity contribution in [1.29, 1.82) is 0 Å². The van der Waals surface area contributed by atoms with E-state index in [1.54, 1.807) is 26.3 Å². The lowest BCUT2D eigenvalue weighted by molar-refractivity contribution is -0.140. The first-order valence-electron chi connectivity index (χ1n) is 8.16. The fourth-order valence-corrected chi connectivity index (χ4v) is 3.44. The number of carboxylic acid groups (broad SMARTS) is 1. The van der Waals surface area contributed by atoms with Gasteiger partial charge in [-0.25, -0.2) is 14.4 Å². The molecule has 1 heterocycles. The highest BCUT2D eigenvalue weighted by Gasteiger charge is 2.63. The third-order valence-corrected chi connectivity index (χ3v) is 4.92. The smallest absolute Gasteiger partial charge is 0.307 e. The van der Waals surface area contributed by atoms with Crippen molar-refractivity contribution < 1.29 is 23.8 Å². The van der Waals surface area contributed by atoms with Crippen molar-refractivity contribution in [3.8, 4) is 5.75 Å². The fourth-order valence-electron chi connectivity index (χ4n) is 3.44. The van der Waals surface area contributed by atoms with Gasteiger partial charge >= 0.3 is 5.97 Å². The van der Waals surface area contributed by atoms with Crippen LogP contribution in [-0.4, -0.2) is 34.8 Å². The minimum Gasteiger partial charge on any atom is -0.489 e. The predicted molar refractivity (Wildman–Crippen MR) is 87.6 cm³/mol. The first-order chi connectivity index (χ1) is 12.0. The van der Waals surface area contributed by atoms with Gasteiger partial charge in [0.1, 0.15) is 17.3 Å². The monoisotopic (exact) mass is 348 g/mol. The molecule has 1 saturated carbocycles. The van der Waals surface area contributed by atoms with Gasteiger partial charge in [0, 0.05) is 18.9 Å². The molecule has 2 aliphatic rings. The first kappa shape index (κ1) is 17.5. The van der Waals surface area contributed by atoms with Gasteiger partial charge in [-0.15, -0.1) is 0 Å². The summed E-state index contributed by atoms with van der Waals surface area (Å²) in [6, 6.07) is 0. The van der Waals surface area contributed by atoms with Gasteiger partial charge in [0.2, 0.25) is 0 Å². The Hall–Kier alpha value is -2.28. The Morgan fingerprint density at radius 1 is 1.52 bits per heavy atom. The van der Waals surface area contributed by atoms with Crippen LogP contribution in [0.3, 0.4) is 0 Å². The van der Waals surface area contributed by atoms with E-state index in [9.17, 15) is 14.3 Å². The zero-order chi connectivity index (χ0) is 18.0. The number of nitrogens with zero attached hydrogens (tertiary/aromatic N) is 2. The predicted octanol–water partition coefficient (Wildman–Crippen LogP) is 2.83. The first-order valence-corrected chi connectivity index (χ1v) is 8.16. The molecule has 0 aromatic carbocycles. The van der Waals surface area contributed by atoms with Crippen LogP contribution >= 0.6 is 0 Å². The lowest BCUT2D eigenvalue weighted by Crippen LogP contribution is -2.28. The van der Waals surface area contributed by atoms with E-state index in [2.05, 4.69) is 9.97 Å². The molecule has 2 aliphatic carbocycles. The average molecular weight is 348 g/mol. The Balaban J connectivity index is 1.78. The van der Waals surface area contributed by atoms with E-state index in [-0.39, 0.29) is 31.4 Å². The van der Waals surface area contributed by atoms with Crippen molar-refractivity contribution in [3.05, 3.63) is 41.8 Å².